The molecule has 2 rings (SSSR count). The number of carbonyl (C=O) groups is 2. The number of hydrogen-bond acceptors (Lipinski definition) is 17. The van der Waals surface area contributed by atoms with Crippen molar-refractivity contribution in [3.05, 3.63) is 120 Å². The summed E-state index contributed by atoms with van der Waals surface area (Å²) in [5.41, 5.74) is 4.56. The van der Waals surface area contributed by atoms with E-state index >= 15 is 0 Å². The normalized spacial score (nSPS) is 20.5. The van der Waals surface area contributed by atoms with Crippen LogP contribution in [0.2, 0.25) is 0 Å². The third kappa shape index (κ3) is 30.8. The van der Waals surface area contributed by atoms with Gasteiger partial charge in [-0.05, 0) is 96.0 Å². The fourth-order valence-corrected chi connectivity index (χ4v) is 8.97. The number of nitrogen functional groups attached to an aromatic ring is 1. The Labute approximate surface area is 435 Å². The molecule has 0 saturated carbocycles. The minimum atomic E-state index is -5.51. The van der Waals surface area contributed by atoms with E-state index in [9.17, 15) is 53.7 Å². The van der Waals surface area contributed by atoms with Crippen molar-refractivity contribution in [3.63, 3.8) is 0 Å². The minimum Gasteiger partial charge on any atom is -0.462 e. The van der Waals surface area contributed by atoms with Crippen molar-refractivity contribution < 1.29 is 76.5 Å². The SMILES string of the molecule is CC/C=C\C/C=C\C/C=C\C/C=C\CCCCCCC(=O)OC[C@H](COP(=O)(O)OP(=O)(O)OC[C@H]1O[C@@H](n2ccc(N)nc2=O)[C@H](O)[C@@H]1O)OC(=O)CCC[C@@H](O)[C@H](O)C/C=C\C/C=C\C/C=C\C/C=C\CC. The van der Waals surface area contributed by atoms with Crippen molar-refractivity contribution in [2.45, 2.75) is 172 Å². The lowest BCUT2D eigenvalue weighted by Crippen LogP contribution is -2.36. The lowest BCUT2D eigenvalue weighted by molar-refractivity contribution is -0.161. The van der Waals surface area contributed by atoms with Gasteiger partial charge >= 0.3 is 33.3 Å². The van der Waals surface area contributed by atoms with Crippen molar-refractivity contribution >= 4 is 33.4 Å². The number of allylic oxidation sites excluding steroid dienone is 15. The Morgan fingerprint density at radius 3 is 1.81 bits per heavy atom. The zero-order valence-corrected chi connectivity index (χ0v) is 44.6. The van der Waals surface area contributed by atoms with E-state index < -0.39 is 95.9 Å². The summed E-state index contributed by atoms with van der Waals surface area (Å²) < 4.78 is 56.5. The number of aliphatic hydroxyl groups is 4. The zero-order chi connectivity index (χ0) is 54.5. The molecule has 0 spiro atoms. The highest BCUT2D eigenvalue weighted by molar-refractivity contribution is 7.61. The topological polar surface area (TPSA) is 306 Å². The molecule has 2 unspecified atom stereocenters. The Hall–Kier alpha value is -4.40. The van der Waals surface area contributed by atoms with E-state index in [1.54, 1.807) is 6.08 Å². The molecule has 0 amide bonds. The van der Waals surface area contributed by atoms with E-state index in [0.29, 0.717) is 12.8 Å². The minimum absolute atomic E-state index is 0.0223. The number of ether oxygens (including phenoxy) is 3. The summed E-state index contributed by atoms with van der Waals surface area (Å²) in [6, 6.07) is 1.23. The molecule has 22 heteroatoms. The van der Waals surface area contributed by atoms with Crippen LogP contribution in [-0.2, 0) is 46.3 Å². The molecule has 1 aliphatic heterocycles. The van der Waals surface area contributed by atoms with Crippen LogP contribution < -0.4 is 11.4 Å². The van der Waals surface area contributed by atoms with Gasteiger partial charge in [-0.2, -0.15) is 9.29 Å². The monoisotopic (exact) mass is 1080 g/mol. The standard InChI is InChI=1S/C52H81N3O17P2/c1-3-5-7-9-11-13-15-17-18-19-20-21-23-25-27-29-31-35-47(58)67-39-42(70-48(59)36-32-34-44(57)43(56)33-30-28-26-24-22-16-14-12-10-8-6-4-2)40-68-73(63,64)72-74(65,66)69-41-45-49(60)50(61)51(71-45)55-38-37-46(53)54-52(55)62/h5-8,11-14,17-18,20-22,24,28,30,37-38,42-45,49-51,56-57,60-61H,3-4,9-10,15-16,19,23,25-27,29,31-36,39-41H2,1-2H3,(H,63,64)(H,65,66)(H2,53,54,62)/b7-5-,8-6-,13-11-,14-12-,18-17-,21-20-,24-22-,30-28-/t42-,43-,44-,45-,49-,50-,51-/m1/s1. The number of esters is 2. The highest BCUT2D eigenvalue weighted by Crippen LogP contribution is 2.60. The second kappa shape index (κ2) is 39.0. The van der Waals surface area contributed by atoms with Gasteiger partial charge in [-0.1, -0.05) is 124 Å². The van der Waals surface area contributed by atoms with Gasteiger partial charge in [0, 0.05) is 19.0 Å². The Balaban J connectivity index is 1.89. The van der Waals surface area contributed by atoms with Gasteiger partial charge in [-0.3, -0.25) is 23.2 Å². The number of phosphoric ester groups is 2. The molecule has 74 heavy (non-hydrogen) atoms. The maximum Gasteiger partial charge on any atom is 0.481 e. The molecule has 0 bridgehead atoms. The smallest absolute Gasteiger partial charge is 0.462 e. The summed E-state index contributed by atoms with van der Waals surface area (Å²) in [6.07, 6.45) is 35.0. The first kappa shape index (κ1) is 65.7. The molecule has 1 saturated heterocycles. The maximum absolute atomic E-state index is 12.9. The number of phosphoric acid groups is 2. The van der Waals surface area contributed by atoms with Crippen LogP contribution in [-0.4, -0.2) is 108 Å². The van der Waals surface area contributed by atoms with Gasteiger partial charge in [-0.15, -0.1) is 0 Å². The lowest BCUT2D eigenvalue weighted by Gasteiger charge is -2.22. The second-order valence-corrected chi connectivity index (χ2v) is 20.3. The van der Waals surface area contributed by atoms with E-state index in [0.717, 1.165) is 81.4 Å². The predicted octanol–water partition coefficient (Wildman–Crippen LogP) is 8.38. The number of aromatic nitrogens is 2. The third-order valence-corrected chi connectivity index (χ3v) is 13.5. The first-order chi connectivity index (χ1) is 35.5. The first-order valence-electron chi connectivity index (χ1n) is 25.4. The molecule has 20 nitrogen and oxygen atoms in total. The van der Waals surface area contributed by atoms with Crippen LogP contribution in [0.25, 0.3) is 0 Å². The summed E-state index contributed by atoms with van der Waals surface area (Å²) in [7, 11) is -11.0. The molecule has 2 heterocycles. The number of nitrogens with zero attached hydrogens (tertiary/aromatic N) is 2. The predicted molar refractivity (Wildman–Crippen MR) is 282 cm³/mol. The summed E-state index contributed by atoms with van der Waals surface area (Å²) >= 11 is 0. The van der Waals surface area contributed by atoms with E-state index in [2.05, 4.69) is 96.1 Å². The molecule has 9 atom stereocenters. The summed E-state index contributed by atoms with van der Waals surface area (Å²) in [6.45, 7) is 1.60. The average molecular weight is 1080 g/mol. The second-order valence-electron chi connectivity index (χ2n) is 17.2. The molecular formula is C52H81N3O17P2. The van der Waals surface area contributed by atoms with E-state index in [1.807, 2.05) is 18.2 Å². The molecule has 0 aliphatic carbocycles. The van der Waals surface area contributed by atoms with E-state index in [4.69, 9.17) is 29.0 Å². The number of aliphatic hydroxyl groups excluding tert-OH is 4. The van der Waals surface area contributed by atoms with Crippen LogP contribution in [0.4, 0.5) is 5.82 Å². The molecule has 1 aliphatic rings. The van der Waals surface area contributed by atoms with Gasteiger partial charge in [0.05, 0.1) is 25.4 Å². The molecule has 416 valence electrons. The van der Waals surface area contributed by atoms with Crippen LogP contribution >= 0.6 is 15.6 Å². The quantitative estimate of drug-likeness (QED) is 0.0140. The summed E-state index contributed by atoms with van der Waals surface area (Å²) in [4.78, 5) is 62.0. The largest absolute Gasteiger partial charge is 0.481 e. The zero-order valence-electron chi connectivity index (χ0n) is 42.8. The highest BCUT2D eigenvalue weighted by Gasteiger charge is 2.46. The molecule has 1 fully saturated rings. The molecule has 0 aromatic carbocycles. The van der Waals surface area contributed by atoms with Crippen LogP contribution in [0.5, 0.6) is 0 Å². The van der Waals surface area contributed by atoms with Gasteiger partial charge in [-0.25, -0.2) is 13.9 Å². The molecule has 8 N–H and O–H groups in total. The van der Waals surface area contributed by atoms with Gasteiger partial charge in [0.15, 0.2) is 12.3 Å². The van der Waals surface area contributed by atoms with Crippen molar-refractivity contribution in [1.29, 1.82) is 0 Å². The van der Waals surface area contributed by atoms with Gasteiger partial charge in [0.1, 0.15) is 30.7 Å². The fraction of sp³-hybridized carbons (Fsp3) is 0.577. The van der Waals surface area contributed by atoms with Crippen LogP contribution in [0.15, 0.2) is 114 Å². The molecule has 0 radical (unpaired) electrons. The summed E-state index contributed by atoms with van der Waals surface area (Å²) in [5, 5.41) is 41.8. The number of hydrogen-bond donors (Lipinski definition) is 7. The average Bonchev–Trinajstić information content (AvgIpc) is 3.63. The van der Waals surface area contributed by atoms with Crippen molar-refractivity contribution in [1.82, 2.24) is 9.55 Å². The number of unbranched alkanes of at least 4 members (excludes halogenated alkanes) is 4. The number of carbonyl (C=O) groups excluding carboxylic acids is 2. The number of rotatable bonds is 40. The van der Waals surface area contributed by atoms with E-state index in [-0.39, 0.29) is 37.9 Å². The summed E-state index contributed by atoms with van der Waals surface area (Å²) in [5.74, 6) is -1.64. The Bertz CT molecular complexity index is 2160. The molecule has 1 aromatic rings. The van der Waals surface area contributed by atoms with Gasteiger partial charge < -0.3 is 50.2 Å². The Kier molecular flexibility index (Phi) is 34.7. The Morgan fingerprint density at radius 2 is 1.23 bits per heavy atom. The van der Waals surface area contributed by atoms with Crippen LogP contribution in [0.3, 0.4) is 0 Å². The molecule has 1 aromatic heterocycles. The number of anilines is 1. The Morgan fingerprint density at radius 1 is 0.703 bits per heavy atom. The first-order valence-corrected chi connectivity index (χ1v) is 28.4. The number of nitrogens with two attached hydrogens (primary N) is 1. The van der Waals surface area contributed by atoms with Gasteiger partial charge in [0.25, 0.3) is 0 Å². The van der Waals surface area contributed by atoms with Crippen LogP contribution in [0, 0.1) is 0 Å². The lowest BCUT2D eigenvalue weighted by atomic mass is 10.0. The van der Waals surface area contributed by atoms with E-state index in [1.165, 1.54) is 6.07 Å². The van der Waals surface area contributed by atoms with Crippen molar-refractivity contribution in [2.75, 3.05) is 25.6 Å². The van der Waals surface area contributed by atoms with Crippen molar-refractivity contribution in [3.8, 4) is 0 Å². The maximum atomic E-state index is 12.9. The van der Waals surface area contributed by atoms with Crippen LogP contribution in [0.1, 0.15) is 136 Å². The third-order valence-electron chi connectivity index (χ3n) is 10.9. The fourth-order valence-electron chi connectivity index (χ4n) is 6.86. The van der Waals surface area contributed by atoms with Gasteiger partial charge in [0.2, 0.25) is 0 Å². The van der Waals surface area contributed by atoms with Crippen molar-refractivity contribution in [2.24, 2.45) is 0 Å². The highest BCUT2D eigenvalue weighted by atomic mass is 31.3. The molecular weight excluding hydrogens is 1000 g/mol.